The zero-order valence-corrected chi connectivity index (χ0v) is 20.2. The van der Waals surface area contributed by atoms with Crippen molar-refractivity contribution < 1.29 is 37.8 Å². The smallest absolute Gasteiger partial charge is 0.269 e. The second kappa shape index (κ2) is 9.41. The molecule has 0 radical (unpaired) electrons. The lowest BCUT2D eigenvalue weighted by atomic mass is 9.89. The second-order valence-corrected chi connectivity index (χ2v) is 10.8. The Morgan fingerprint density at radius 2 is 1.71 bits per heavy atom. The molecule has 1 amide bonds. The van der Waals surface area contributed by atoms with E-state index in [0.717, 1.165) is 16.7 Å². The summed E-state index contributed by atoms with van der Waals surface area (Å²) in [6.45, 7) is 7.81. The second-order valence-electron chi connectivity index (χ2n) is 9.27. The topological polar surface area (TPSA) is 165 Å². The molecular weight excluding hydrogens is 464 g/mol. The van der Waals surface area contributed by atoms with Gasteiger partial charge < -0.3 is 30.7 Å². The summed E-state index contributed by atoms with van der Waals surface area (Å²) in [6, 6.07) is 5.89. The monoisotopic (exact) mass is 494 g/mol. The number of nitrogens with one attached hydrogen (secondary N) is 2. The first kappa shape index (κ1) is 25.8. The molecule has 0 saturated heterocycles. The van der Waals surface area contributed by atoms with Crippen molar-refractivity contribution >= 4 is 21.7 Å². The zero-order chi connectivity index (χ0) is 25.4. The number of aliphatic hydroxyl groups is 1. The van der Waals surface area contributed by atoms with E-state index in [1.165, 1.54) is 12.1 Å². The first-order valence-corrected chi connectivity index (χ1v) is 12.3. The molecular formula is C23H30N2O8S. The number of benzene rings is 2. The third-order valence-electron chi connectivity index (χ3n) is 5.71. The van der Waals surface area contributed by atoms with Crippen LogP contribution in [0.5, 0.6) is 17.2 Å². The fourth-order valence-electron chi connectivity index (χ4n) is 4.05. The van der Waals surface area contributed by atoms with E-state index in [0.29, 0.717) is 6.42 Å². The van der Waals surface area contributed by atoms with Crippen LogP contribution < -0.4 is 15.4 Å². The molecule has 2 aromatic rings. The summed E-state index contributed by atoms with van der Waals surface area (Å²) in [6.07, 6.45) is -2.08. The van der Waals surface area contributed by atoms with Crippen LogP contribution in [0.15, 0.2) is 24.3 Å². The van der Waals surface area contributed by atoms with Crippen molar-refractivity contribution in [3.05, 3.63) is 46.5 Å². The van der Waals surface area contributed by atoms with E-state index in [4.69, 9.17) is 9.29 Å². The van der Waals surface area contributed by atoms with E-state index in [1.54, 1.807) is 12.1 Å². The Labute approximate surface area is 198 Å². The molecule has 0 saturated carbocycles. The van der Waals surface area contributed by atoms with E-state index >= 15 is 0 Å². The summed E-state index contributed by atoms with van der Waals surface area (Å²) in [5.41, 5.74) is 2.73. The molecule has 0 spiro atoms. The van der Waals surface area contributed by atoms with Crippen molar-refractivity contribution in [2.75, 3.05) is 17.6 Å². The van der Waals surface area contributed by atoms with Crippen LogP contribution in [0.4, 0.5) is 5.69 Å². The molecule has 1 aliphatic rings. The maximum absolute atomic E-state index is 12.2. The predicted molar refractivity (Wildman–Crippen MR) is 126 cm³/mol. The van der Waals surface area contributed by atoms with Crippen LogP contribution >= 0.6 is 0 Å². The number of fused-ring (bicyclic) bond motifs is 1. The predicted octanol–water partition coefficient (Wildman–Crippen LogP) is 1.95. The molecule has 6 N–H and O–H groups in total. The summed E-state index contributed by atoms with van der Waals surface area (Å²) in [5.74, 6) is -1.75. The van der Waals surface area contributed by atoms with Crippen LogP contribution in [0.3, 0.4) is 0 Å². The summed E-state index contributed by atoms with van der Waals surface area (Å²) >= 11 is 0. The molecule has 10 nitrogen and oxygen atoms in total. The average Bonchev–Trinajstić information content (AvgIpc) is 2.68. The highest BCUT2D eigenvalue weighted by atomic mass is 32.2. The number of aryl methyl sites for hydroxylation is 2. The third kappa shape index (κ3) is 6.17. The lowest BCUT2D eigenvalue weighted by molar-refractivity contribution is -0.122. The Morgan fingerprint density at radius 1 is 1.12 bits per heavy atom. The lowest BCUT2D eigenvalue weighted by Gasteiger charge is -2.31. The van der Waals surface area contributed by atoms with Gasteiger partial charge in [0.15, 0.2) is 6.10 Å². The van der Waals surface area contributed by atoms with Gasteiger partial charge in [0.2, 0.25) is 0 Å². The number of ether oxygens (including phenoxy) is 1. The van der Waals surface area contributed by atoms with E-state index < -0.39 is 39.5 Å². The Kier molecular flexibility index (Phi) is 7.13. The summed E-state index contributed by atoms with van der Waals surface area (Å²) < 4.78 is 37.1. The Bertz CT molecular complexity index is 1190. The summed E-state index contributed by atoms with van der Waals surface area (Å²) in [7, 11) is -4.50. The maximum atomic E-state index is 12.2. The van der Waals surface area contributed by atoms with Gasteiger partial charge in [-0.15, -0.1) is 0 Å². The third-order valence-corrected chi connectivity index (χ3v) is 6.43. The number of carbonyl (C=O) groups is 1. The quantitative estimate of drug-likeness (QED) is 0.301. The van der Waals surface area contributed by atoms with Gasteiger partial charge in [-0.2, -0.15) is 8.42 Å². The first-order chi connectivity index (χ1) is 15.6. The Hall–Kier alpha value is -2.86. The van der Waals surface area contributed by atoms with Crippen molar-refractivity contribution in [1.82, 2.24) is 5.32 Å². The molecule has 0 aliphatic carbocycles. The fraction of sp³-hybridized carbons (Fsp3) is 0.435. The summed E-state index contributed by atoms with van der Waals surface area (Å²) in [5, 5.41) is 36.5. The molecule has 11 heteroatoms. The molecule has 3 rings (SSSR count). The number of rotatable bonds is 8. The number of β-amino-alcohol motifs (C(OH)–C–C–N with tert-alkyl or cyclic N) is 1. The molecule has 2 unspecified atom stereocenters. The van der Waals surface area contributed by atoms with E-state index in [1.807, 2.05) is 27.7 Å². The van der Waals surface area contributed by atoms with Crippen LogP contribution in [-0.4, -0.2) is 58.1 Å². The molecule has 2 atom stereocenters. The van der Waals surface area contributed by atoms with E-state index in [2.05, 4.69) is 10.6 Å². The number of aromatic hydroxyl groups is 2. The lowest BCUT2D eigenvalue weighted by Crippen LogP contribution is -2.44. The largest absolute Gasteiger partial charge is 0.508 e. The zero-order valence-electron chi connectivity index (χ0n) is 19.4. The summed E-state index contributed by atoms with van der Waals surface area (Å²) in [4.78, 5) is 12.2. The minimum Gasteiger partial charge on any atom is -0.508 e. The van der Waals surface area contributed by atoms with Gasteiger partial charge in [-0.3, -0.25) is 9.35 Å². The molecule has 2 aromatic carbocycles. The number of hydrogen-bond acceptors (Lipinski definition) is 8. The van der Waals surface area contributed by atoms with Crippen molar-refractivity contribution in [1.29, 1.82) is 0 Å². The van der Waals surface area contributed by atoms with Crippen molar-refractivity contribution in [3.63, 3.8) is 0 Å². The Balaban J connectivity index is 1.79. The van der Waals surface area contributed by atoms with Gasteiger partial charge in [-0.05, 0) is 69.0 Å². The number of phenolic OH excluding ortho intramolecular Hbond substituents is 2. The normalized spacial score (nSPS) is 17.0. The van der Waals surface area contributed by atoms with Crippen LogP contribution in [-0.2, 0) is 21.3 Å². The SMILES string of the molecule is Cc1cc(O)cc(C)c1CC(C)(C)NCC(O)c1cc(O)cc2c1OC(CS(=O)(=O)O)C(=O)N2. The average molecular weight is 495 g/mol. The number of phenols is 2. The highest BCUT2D eigenvalue weighted by Gasteiger charge is 2.34. The van der Waals surface area contributed by atoms with E-state index in [9.17, 15) is 28.5 Å². The van der Waals surface area contributed by atoms with Crippen molar-refractivity contribution in [2.45, 2.75) is 51.9 Å². The minimum atomic E-state index is -4.50. The maximum Gasteiger partial charge on any atom is 0.269 e. The molecule has 34 heavy (non-hydrogen) atoms. The number of aliphatic hydroxyl groups excluding tert-OH is 1. The highest BCUT2D eigenvalue weighted by Crippen LogP contribution is 2.40. The standard InChI is InChI=1S/C23H30N2O8S/c1-12-5-14(26)6-13(2)17(12)9-23(3,4)24-10-19(28)16-7-15(27)8-18-21(16)33-20(22(29)25-18)11-34(30,31)32/h5-8,19-20,24,26-28H,9-11H2,1-4H3,(H,25,29)(H,30,31,32). The van der Waals surface area contributed by atoms with Gasteiger partial charge in [0.05, 0.1) is 11.8 Å². The molecule has 1 heterocycles. The van der Waals surface area contributed by atoms with Gasteiger partial charge in [0, 0.05) is 23.7 Å². The molecule has 186 valence electrons. The number of hydrogen-bond donors (Lipinski definition) is 6. The molecule has 0 aromatic heterocycles. The van der Waals surface area contributed by atoms with Gasteiger partial charge in [0.1, 0.15) is 23.0 Å². The minimum absolute atomic E-state index is 0.0170. The number of anilines is 1. The fourth-order valence-corrected chi connectivity index (χ4v) is 4.66. The van der Waals surface area contributed by atoms with Gasteiger partial charge >= 0.3 is 0 Å². The Morgan fingerprint density at radius 3 is 2.29 bits per heavy atom. The number of amides is 1. The highest BCUT2D eigenvalue weighted by molar-refractivity contribution is 7.85. The van der Waals surface area contributed by atoms with Crippen molar-refractivity contribution in [3.8, 4) is 17.2 Å². The molecule has 0 bridgehead atoms. The number of carbonyl (C=O) groups excluding carboxylic acids is 1. The van der Waals surface area contributed by atoms with Crippen LogP contribution in [0.25, 0.3) is 0 Å². The molecule has 0 fully saturated rings. The van der Waals surface area contributed by atoms with Gasteiger partial charge in [-0.25, -0.2) is 0 Å². The van der Waals surface area contributed by atoms with Crippen LogP contribution in [0.2, 0.25) is 0 Å². The van der Waals surface area contributed by atoms with Gasteiger partial charge in [-0.1, -0.05) is 0 Å². The van der Waals surface area contributed by atoms with E-state index in [-0.39, 0.29) is 35.0 Å². The first-order valence-electron chi connectivity index (χ1n) is 10.7. The van der Waals surface area contributed by atoms with Gasteiger partial charge in [0.25, 0.3) is 16.0 Å². The van der Waals surface area contributed by atoms with Crippen LogP contribution in [0, 0.1) is 13.8 Å². The van der Waals surface area contributed by atoms with Crippen LogP contribution in [0.1, 0.15) is 42.2 Å². The van der Waals surface area contributed by atoms with Crippen molar-refractivity contribution in [2.24, 2.45) is 0 Å². The molecule has 1 aliphatic heterocycles.